The maximum Gasteiger partial charge on any atom is 0.220 e. The van der Waals surface area contributed by atoms with Crippen molar-refractivity contribution in [2.75, 3.05) is 26.2 Å². The second kappa shape index (κ2) is 10.2. The van der Waals surface area contributed by atoms with E-state index in [1.807, 2.05) is 0 Å². The molecule has 0 spiro atoms. The quantitative estimate of drug-likeness (QED) is 0.687. The van der Waals surface area contributed by atoms with Gasteiger partial charge in [-0.15, -0.1) is 0 Å². The Balaban J connectivity index is 2.23. The summed E-state index contributed by atoms with van der Waals surface area (Å²) in [6, 6.07) is 0.368. The maximum atomic E-state index is 12.1. The molecule has 4 nitrogen and oxygen atoms in total. The fourth-order valence-electron chi connectivity index (χ4n) is 3.16. The molecule has 1 amide bonds. The summed E-state index contributed by atoms with van der Waals surface area (Å²) >= 11 is 0. The van der Waals surface area contributed by atoms with Crippen LogP contribution in [0, 0.1) is 11.8 Å². The van der Waals surface area contributed by atoms with E-state index in [9.17, 15) is 4.79 Å². The maximum absolute atomic E-state index is 12.1. The Labute approximate surface area is 130 Å². The van der Waals surface area contributed by atoms with E-state index in [-0.39, 0.29) is 5.91 Å². The first-order valence-electron chi connectivity index (χ1n) is 8.76. The van der Waals surface area contributed by atoms with Gasteiger partial charge in [0.1, 0.15) is 0 Å². The number of unbranched alkanes of at least 4 members (excludes halogenated alkanes) is 1. The van der Waals surface area contributed by atoms with Gasteiger partial charge in [-0.2, -0.15) is 0 Å². The van der Waals surface area contributed by atoms with Crippen molar-refractivity contribution in [3.05, 3.63) is 0 Å². The van der Waals surface area contributed by atoms with Gasteiger partial charge in [-0.3, -0.25) is 4.79 Å². The molecule has 21 heavy (non-hydrogen) atoms. The molecule has 0 aromatic heterocycles. The lowest BCUT2D eigenvalue weighted by atomic mass is 9.93. The zero-order valence-corrected chi connectivity index (χ0v) is 14.2. The minimum Gasteiger partial charge on any atom is -0.353 e. The van der Waals surface area contributed by atoms with Crippen molar-refractivity contribution in [3.8, 4) is 0 Å². The van der Waals surface area contributed by atoms with Crippen LogP contribution < -0.4 is 11.1 Å². The van der Waals surface area contributed by atoms with Gasteiger partial charge < -0.3 is 16.0 Å². The first-order valence-corrected chi connectivity index (χ1v) is 8.76. The van der Waals surface area contributed by atoms with Crippen LogP contribution in [-0.2, 0) is 4.79 Å². The van der Waals surface area contributed by atoms with Gasteiger partial charge in [0.2, 0.25) is 5.91 Å². The molecule has 1 aliphatic rings. The van der Waals surface area contributed by atoms with E-state index >= 15 is 0 Å². The summed E-state index contributed by atoms with van der Waals surface area (Å²) in [5.41, 5.74) is 5.78. The predicted octanol–water partition coefficient (Wildman–Crippen LogP) is 2.38. The average Bonchev–Trinajstić information content (AvgIpc) is 2.45. The van der Waals surface area contributed by atoms with Crippen molar-refractivity contribution in [3.63, 3.8) is 0 Å². The molecule has 0 saturated carbocycles. The highest BCUT2D eigenvalue weighted by Crippen LogP contribution is 2.15. The highest BCUT2D eigenvalue weighted by Gasteiger charge is 2.21. The second-order valence-corrected chi connectivity index (χ2v) is 6.97. The molecule has 1 fully saturated rings. The third-order valence-corrected chi connectivity index (χ3v) is 4.39. The van der Waals surface area contributed by atoms with Gasteiger partial charge in [0, 0.05) is 25.6 Å². The summed E-state index contributed by atoms with van der Waals surface area (Å²) in [6.07, 6.45) is 6.35. The number of hydrogen-bond acceptors (Lipinski definition) is 3. The number of piperidine rings is 1. The third kappa shape index (κ3) is 7.82. The normalized spacial score (nSPS) is 18.9. The molecule has 1 heterocycles. The van der Waals surface area contributed by atoms with Crippen LogP contribution in [0.3, 0.4) is 0 Å². The summed E-state index contributed by atoms with van der Waals surface area (Å²) in [5, 5.41) is 3.21. The fraction of sp³-hybridized carbons (Fsp3) is 0.941. The molecule has 0 aromatic carbocycles. The average molecular weight is 297 g/mol. The van der Waals surface area contributed by atoms with Crippen LogP contribution in [0.4, 0.5) is 0 Å². The van der Waals surface area contributed by atoms with Crippen LogP contribution in [0.2, 0.25) is 0 Å². The Morgan fingerprint density at radius 2 is 2.00 bits per heavy atom. The van der Waals surface area contributed by atoms with Crippen molar-refractivity contribution >= 4 is 5.91 Å². The number of likely N-dealkylation sites (tertiary alicyclic amines) is 1. The zero-order chi connectivity index (χ0) is 15.7. The van der Waals surface area contributed by atoms with Gasteiger partial charge in [0.15, 0.2) is 0 Å². The van der Waals surface area contributed by atoms with Crippen LogP contribution in [0.15, 0.2) is 0 Å². The summed E-state index contributed by atoms with van der Waals surface area (Å²) in [6.45, 7) is 10.7. The van der Waals surface area contributed by atoms with Gasteiger partial charge in [-0.25, -0.2) is 0 Å². The van der Waals surface area contributed by atoms with E-state index in [1.54, 1.807) is 0 Å². The summed E-state index contributed by atoms with van der Waals surface area (Å²) < 4.78 is 0. The minimum atomic E-state index is 0.193. The molecule has 1 atom stereocenters. The SMILES string of the molecule is CCCCN1CCC(NC(=O)CC(CN)CC(C)C)CC1. The van der Waals surface area contributed by atoms with E-state index in [0.717, 1.165) is 32.4 Å². The number of rotatable bonds is 9. The number of hydrogen-bond donors (Lipinski definition) is 2. The molecule has 0 bridgehead atoms. The van der Waals surface area contributed by atoms with Crippen LogP contribution in [0.5, 0.6) is 0 Å². The molecule has 1 rings (SSSR count). The van der Waals surface area contributed by atoms with Gasteiger partial charge in [0.05, 0.1) is 0 Å². The lowest BCUT2D eigenvalue weighted by molar-refractivity contribution is -0.123. The third-order valence-electron chi connectivity index (χ3n) is 4.39. The van der Waals surface area contributed by atoms with E-state index in [0.29, 0.717) is 30.8 Å². The number of nitrogens with two attached hydrogens (primary N) is 1. The minimum absolute atomic E-state index is 0.193. The standard InChI is InChI=1S/C17H35N3O/c1-4-5-8-20-9-6-16(7-10-20)19-17(21)12-15(13-18)11-14(2)3/h14-16H,4-13,18H2,1-3H3,(H,19,21). The monoisotopic (exact) mass is 297 g/mol. The molecular formula is C17H35N3O. The van der Waals surface area contributed by atoms with Crippen molar-refractivity contribution in [2.24, 2.45) is 17.6 Å². The van der Waals surface area contributed by atoms with Gasteiger partial charge in [-0.05, 0) is 50.6 Å². The molecule has 0 aromatic rings. The van der Waals surface area contributed by atoms with Crippen LogP contribution in [0.25, 0.3) is 0 Å². The first kappa shape index (κ1) is 18.4. The molecule has 0 aliphatic carbocycles. The molecule has 0 radical (unpaired) electrons. The molecule has 1 saturated heterocycles. The Kier molecular flexibility index (Phi) is 8.93. The Hall–Kier alpha value is -0.610. The van der Waals surface area contributed by atoms with Gasteiger partial charge in [0.25, 0.3) is 0 Å². The van der Waals surface area contributed by atoms with Crippen molar-refractivity contribution in [1.29, 1.82) is 0 Å². The van der Waals surface area contributed by atoms with E-state index < -0.39 is 0 Å². The number of carbonyl (C=O) groups excluding carboxylic acids is 1. The summed E-state index contributed by atoms with van der Waals surface area (Å²) in [5.74, 6) is 1.13. The summed E-state index contributed by atoms with van der Waals surface area (Å²) in [7, 11) is 0. The first-order chi connectivity index (χ1) is 10.0. The highest BCUT2D eigenvalue weighted by atomic mass is 16.1. The zero-order valence-electron chi connectivity index (χ0n) is 14.2. The van der Waals surface area contributed by atoms with Crippen LogP contribution in [0.1, 0.15) is 59.3 Å². The van der Waals surface area contributed by atoms with E-state index in [4.69, 9.17) is 5.73 Å². The fourth-order valence-corrected chi connectivity index (χ4v) is 3.16. The largest absolute Gasteiger partial charge is 0.353 e. The smallest absolute Gasteiger partial charge is 0.220 e. The van der Waals surface area contributed by atoms with Crippen molar-refractivity contribution in [2.45, 2.75) is 65.3 Å². The number of nitrogens with zero attached hydrogens (tertiary/aromatic N) is 1. The van der Waals surface area contributed by atoms with Crippen LogP contribution >= 0.6 is 0 Å². The van der Waals surface area contributed by atoms with Crippen molar-refractivity contribution < 1.29 is 4.79 Å². The molecule has 1 aliphatic heterocycles. The lowest BCUT2D eigenvalue weighted by Gasteiger charge is -2.32. The topological polar surface area (TPSA) is 58.4 Å². The molecule has 1 unspecified atom stereocenters. The number of amides is 1. The van der Waals surface area contributed by atoms with Gasteiger partial charge in [-0.1, -0.05) is 27.2 Å². The molecular weight excluding hydrogens is 262 g/mol. The Bertz CT molecular complexity index is 286. The second-order valence-electron chi connectivity index (χ2n) is 6.97. The predicted molar refractivity (Wildman–Crippen MR) is 89.1 cm³/mol. The van der Waals surface area contributed by atoms with Crippen LogP contribution in [-0.4, -0.2) is 43.0 Å². The van der Waals surface area contributed by atoms with Crippen molar-refractivity contribution in [1.82, 2.24) is 10.2 Å². The highest BCUT2D eigenvalue weighted by molar-refractivity contribution is 5.76. The summed E-state index contributed by atoms with van der Waals surface area (Å²) in [4.78, 5) is 14.7. The van der Waals surface area contributed by atoms with E-state index in [2.05, 4.69) is 31.0 Å². The molecule has 3 N–H and O–H groups in total. The number of carbonyl (C=O) groups is 1. The number of nitrogens with one attached hydrogen (secondary N) is 1. The Morgan fingerprint density at radius 3 is 2.52 bits per heavy atom. The lowest BCUT2D eigenvalue weighted by Crippen LogP contribution is -2.45. The Morgan fingerprint density at radius 1 is 1.33 bits per heavy atom. The molecule has 4 heteroatoms. The molecule has 124 valence electrons. The van der Waals surface area contributed by atoms with E-state index in [1.165, 1.54) is 19.4 Å². The van der Waals surface area contributed by atoms with Gasteiger partial charge >= 0.3 is 0 Å².